The Balaban J connectivity index is 1.27. The van der Waals surface area contributed by atoms with Gasteiger partial charge in [-0.15, -0.1) is 0 Å². The Kier molecular flexibility index (Phi) is 5.05. The van der Waals surface area contributed by atoms with Crippen molar-refractivity contribution in [2.45, 2.75) is 70.3 Å². The van der Waals surface area contributed by atoms with Gasteiger partial charge in [-0.2, -0.15) is 0 Å². The average Bonchev–Trinajstić information content (AvgIpc) is 2.99. The first-order valence-corrected chi connectivity index (χ1v) is 14.8. The van der Waals surface area contributed by atoms with Gasteiger partial charge < -0.3 is 5.11 Å². The number of hydrogen-bond donors (Lipinski definition) is 1. The minimum absolute atomic E-state index is 0.0535. The molecule has 2 fully saturated rings. The predicted octanol–water partition coefficient (Wildman–Crippen LogP) is 7.12. The Morgan fingerprint density at radius 2 is 1.07 bits per heavy atom. The first-order chi connectivity index (χ1) is 19.3. The van der Waals surface area contributed by atoms with Gasteiger partial charge in [0.2, 0.25) is 0 Å². The largest absolute Gasteiger partial charge is 0.392 e. The smallest absolute Gasteiger partial charge is 0.0889 e. The van der Waals surface area contributed by atoms with Crippen LogP contribution >= 0.6 is 0 Å². The quantitative estimate of drug-likeness (QED) is 0.305. The highest BCUT2D eigenvalue weighted by atomic mass is 16.3. The normalized spacial score (nSPS) is 30.7. The van der Waals surface area contributed by atoms with Gasteiger partial charge in [0.25, 0.3) is 0 Å². The molecule has 0 spiro atoms. The fourth-order valence-electron chi connectivity index (χ4n) is 9.13. The molecular weight excluding hydrogens is 492 g/mol. The number of hydrogen-bond acceptors (Lipinski definition) is 5. The summed E-state index contributed by atoms with van der Waals surface area (Å²) in [5, 5.41) is 12.7. The Hall–Kier alpha value is -3.44. The Morgan fingerprint density at radius 1 is 0.625 bits per heavy atom. The summed E-state index contributed by atoms with van der Waals surface area (Å²) >= 11 is 0. The zero-order valence-electron chi connectivity index (χ0n) is 23.6. The molecule has 1 N–H and O–H groups in total. The third kappa shape index (κ3) is 3.18. The first-order valence-electron chi connectivity index (χ1n) is 14.8. The highest BCUT2D eigenvalue weighted by molar-refractivity contribution is 5.60. The van der Waals surface area contributed by atoms with Gasteiger partial charge >= 0.3 is 0 Å². The lowest BCUT2D eigenvalue weighted by Crippen LogP contribution is -2.58. The number of nitrogens with zero attached hydrogens (tertiary/aromatic N) is 4. The average molecular weight is 529 g/mol. The summed E-state index contributed by atoms with van der Waals surface area (Å²) in [7, 11) is 0. The van der Waals surface area contributed by atoms with Crippen molar-refractivity contribution in [3.63, 3.8) is 0 Å². The van der Waals surface area contributed by atoms with Gasteiger partial charge in [0.05, 0.1) is 28.9 Å². The van der Waals surface area contributed by atoms with Gasteiger partial charge in [0, 0.05) is 36.6 Å². The lowest BCUT2D eigenvalue weighted by Gasteiger charge is -2.65. The predicted molar refractivity (Wildman–Crippen MR) is 156 cm³/mol. The molecule has 2 saturated carbocycles. The van der Waals surface area contributed by atoms with E-state index in [2.05, 4.69) is 62.2 Å². The molecule has 0 aliphatic heterocycles. The van der Waals surface area contributed by atoms with Crippen molar-refractivity contribution in [3.05, 3.63) is 95.6 Å². The van der Waals surface area contributed by atoms with Crippen molar-refractivity contribution < 1.29 is 5.11 Å². The zero-order chi connectivity index (χ0) is 27.4. The van der Waals surface area contributed by atoms with Crippen LogP contribution in [-0.4, -0.2) is 31.1 Å². The van der Waals surface area contributed by atoms with Crippen molar-refractivity contribution in [2.24, 2.45) is 22.7 Å². The van der Waals surface area contributed by atoms with Crippen LogP contribution in [0.3, 0.4) is 0 Å². The minimum Gasteiger partial charge on any atom is -0.392 e. The van der Waals surface area contributed by atoms with Gasteiger partial charge in [-0.1, -0.05) is 39.8 Å². The van der Waals surface area contributed by atoms with Crippen molar-refractivity contribution >= 4 is 0 Å². The van der Waals surface area contributed by atoms with Gasteiger partial charge in [0.1, 0.15) is 0 Å². The molecule has 40 heavy (non-hydrogen) atoms. The summed E-state index contributed by atoms with van der Waals surface area (Å²) in [6.07, 6.45) is 9.57. The van der Waals surface area contributed by atoms with Crippen LogP contribution in [0.2, 0.25) is 0 Å². The minimum atomic E-state index is -0.494. The van der Waals surface area contributed by atoms with Gasteiger partial charge in [0.15, 0.2) is 0 Å². The summed E-state index contributed by atoms with van der Waals surface area (Å²) in [5.74, 6) is 1.95. The van der Waals surface area contributed by atoms with Crippen molar-refractivity contribution in [3.8, 4) is 22.8 Å². The second kappa shape index (κ2) is 8.29. The van der Waals surface area contributed by atoms with Crippen LogP contribution in [0.15, 0.2) is 73.3 Å². The molecule has 6 unspecified atom stereocenters. The van der Waals surface area contributed by atoms with Crippen LogP contribution < -0.4 is 0 Å². The van der Waals surface area contributed by atoms with Gasteiger partial charge in [-0.25, -0.2) is 0 Å². The standard InChI is InChI=1S/C35H36N4O/c1-34(2)23-15-25(34)31(19-13-29(38-17-21(19)23)27-9-5-7-11-36-27)33(40)32-20-14-30(28-10-6-8-12-37-28)39-18-22(20)24-16-26(32)35(24,3)4/h5-14,17-18,23-26,31-33,40H,15-16H2,1-4H3. The second-order valence-electron chi connectivity index (χ2n) is 13.8. The molecule has 0 radical (unpaired) electrons. The van der Waals surface area contributed by atoms with E-state index in [0.29, 0.717) is 23.7 Å². The van der Waals surface area contributed by atoms with E-state index >= 15 is 0 Å². The van der Waals surface area contributed by atoms with E-state index in [-0.39, 0.29) is 22.7 Å². The van der Waals surface area contributed by atoms with Crippen LogP contribution in [0, 0.1) is 22.7 Å². The molecule has 4 heterocycles. The number of pyridine rings is 4. The Bertz CT molecular complexity index is 1490. The number of aliphatic hydroxyl groups is 1. The van der Waals surface area contributed by atoms with E-state index < -0.39 is 6.10 Å². The van der Waals surface area contributed by atoms with Gasteiger partial charge in [-0.3, -0.25) is 19.9 Å². The Labute approximate surface area is 236 Å². The number of rotatable bonds is 4. The molecule has 0 saturated heterocycles. The van der Waals surface area contributed by atoms with Crippen molar-refractivity contribution in [1.82, 2.24) is 19.9 Å². The first kappa shape index (κ1) is 24.4. The summed E-state index contributed by atoms with van der Waals surface area (Å²) in [6, 6.07) is 16.4. The van der Waals surface area contributed by atoms with E-state index in [1.165, 1.54) is 22.3 Å². The molecule has 6 atom stereocenters. The van der Waals surface area contributed by atoms with Crippen LogP contribution in [0.25, 0.3) is 22.8 Å². The lowest BCUT2D eigenvalue weighted by molar-refractivity contribution is -0.0906. The molecule has 6 aliphatic carbocycles. The molecule has 6 aliphatic rings. The molecule has 5 nitrogen and oxygen atoms in total. The maximum Gasteiger partial charge on any atom is 0.0889 e. The summed E-state index contributed by atoms with van der Waals surface area (Å²) in [5.41, 5.74) is 9.04. The summed E-state index contributed by atoms with van der Waals surface area (Å²) < 4.78 is 0. The van der Waals surface area contributed by atoms with Crippen molar-refractivity contribution in [1.29, 1.82) is 0 Å². The zero-order valence-corrected chi connectivity index (χ0v) is 23.6. The molecule has 0 aromatic carbocycles. The second-order valence-corrected chi connectivity index (χ2v) is 13.8. The molecule has 5 heteroatoms. The molecule has 4 aromatic heterocycles. The number of aromatic nitrogens is 4. The molecule has 4 aromatic rings. The van der Waals surface area contributed by atoms with E-state index in [0.717, 1.165) is 35.6 Å². The van der Waals surface area contributed by atoms with Crippen LogP contribution in [0.4, 0.5) is 0 Å². The topological polar surface area (TPSA) is 71.8 Å². The molecule has 4 bridgehead atoms. The van der Waals surface area contributed by atoms with Crippen LogP contribution in [0.1, 0.15) is 86.5 Å². The third-order valence-corrected chi connectivity index (χ3v) is 11.5. The maximum absolute atomic E-state index is 12.7. The monoisotopic (exact) mass is 528 g/mol. The molecule has 0 amide bonds. The van der Waals surface area contributed by atoms with Crippen molar-refractivity contribution in [2.75, 3.05) is 0 Å². The summed E-state index contributed by atoms with van der Waals surface area (Å²) in [6.45, 7) is 9.57. The van der Waals surface area contributed by atoms with Gasteiger partial charge in [-0.05, 0) is 106 Å². The SMILES string of the molecule is CC1(C)C2CC1C(C(O)C1c3cc(-c4ccccn4)ncc3C3CC1C3(C)C)c1cc(-c3ccccn3)ncc12. The van der Waals surface area contributed by atoms with E-state index in [1.807, 2.05) is 48.8 Å². The lowest BCUT2D eigenvalue weighted by atomic mass is 9.40. The highest BCUT2D eigenvalue weighted by Gasteiger charge is 2.63. The Morgan fingerprint density at radius 3 is 1.45 bits per heavy atom. The number of aliphatic hydroxyl groups excluding tert-OH is 1. The molecule has 202 valence electrons. The summed E-state index contributed by atoms with van der Waals surface area (Å²) in [4.78, 5) is 18.9. The van der Waals surface area contributed by atoms with E-state index in [9.17, 15) is 5.11 Å². The highest BCUT2D eigenvalue weighted by Crippen LogP contribution is 2.72. The fraction of sp³-hybridized carbons (Fsp3) is 0.429. The molecule has 10 rings (SSSR count). The molecular formula is C35H36N4O. The van der Waals surface area contributed by atoms with Crippen LogP contribution in [0.5, 0.6) is 0 Å². The fourth-order valence-corrected chi connectivity index (χ4v) is 9.13. The third-order valence-electron chi connectivity index (χ3n) is 11.5. The van der Waals surface area contributed by atoms with E-state index in [1.54, 1.807) is 0 Å². The maximum atomic E-state index is 12.7. The van der Waals surface area contributed by atoms with Crippen LogP contribution in [-0.2, 0) is 0 Å². The van der Waals surface area contributed by atoms with E-state index in [4.69, 9.17) is 9.97 Å².